The summed E-state index contributed by atoms with van der Waals surface area (Å²) in [6.07, 6.45) is 1.31. The third-order valence-electron chi connectivity index (χ3n) is 3.34. The van der Waals surface area contributed by atoms with Gasteiger partial charge in [0.05, 0.1) is 23.0 Å². The molecule has 0 aliphatic carbocycles. The molecule has 20 heavy (non-hydrogen) atoms. The number of sulfonamides is 1. The van der Waals surface area contributed by atoms with E-state index in [2.05, 4.69) is 10.3 Å². The van der Waals surface area contributed by atoms with Crippen molar-refractivity contribution < 1.29 is 13.2 Å². The second-order valence-electron chi connectivity index (χ2n) is 4.74. The molecule has 1 amide bonds. The van der Waals surface area contributed by atoms with E-state index in [4.69, 9.17) is 0 Å². The Kier molecular flexibility index (Phi) is 4.77. The summed E-state index contributed by atoms with van der Waals surface area (Å²) in [7, 11) is -3.31. The van der Waals surface area contributed by atoms with Crippen LogP contribution < -0.4 is 5.32 Å². The lowest BCUT2D eigenvalue weighted by atomic mass is 10.2. The monoisotopic (exact) mass is 317 g/mol. The zero-order chi connectivity index (χ0) is 14.8. The van der Waals surface area contributed by atoms with Crippen molar-refractivity contribution >= 4 is 27.3 Å². The molecule has 1 N–H and O–H groups in total. The van der Waals surface area contributed by atoms with Gasteiger partial charge in [-0.2, -0.15) is 4.31 Å². The molecule has 8 heteroatoms. The van der Waals surface area contributed by atoms with Crippen molar-refractivity contribution in [3.05, 3.63) is 16.1 Å². The van der Waals surface area contributed by atoms with Crippen LogP contribution in [0.4, 0.5) is 0 Å². The van der Waals surface area contributed by atoms with Crippen molar-refractivity contribution in [2.24, 2.45) is 0 Å². The summed E-state index contributed by atoms with van der Waals surface area (Å²) in [6, 6.07) is -0.570. The number of nitrogens with zero attached hydrogens (tertiary/aromatic N) is 2. The average molecular weight is 317 g/mol. The lowest BCUT2D eigenvalue weighted by Gasteiger charge is -2.22. The average Bonchev–Trinajstić information content (AvgIpc) is 3.05. The molecular weight excluding hydrogens is 298 g/mol. The number of hydrogen-bond donors (Lipinski definition) is 1. The number of nitrogens with one attached hydrogen (secondary N) is 1. The molecule has 112 valence electrons. The lowest BCUT2D eigenvalue weighted by Crippen LogP contribution is -2.46. The molecule has 1 aromatic heterocycles. The van der Waals surface area contributed by atoms with Crippen LogP contribution in [0.3, 0.4) is 0 Å². The summed E-state index contributed by atoms with van der Waals surface area (Å²) in [4.78, 5) is 16.4. The molecule has 2 heterocycles. The largest absolute Gasteiger partial charge is 0.349 e. The van der Waals surface area contributed by atoms with Gasteiger partial charge in [0, 0.05) is 11.9 Å². The molecule has 0 bridgehead atoms. The summed E-state index contributed by atoms with van der Waals surface area (Å²) in [6.45, 7) is 4.28. The number of carbonyl (C=O) groups is 1. The van der Waals surface area contributed by atoms with Crippen LogP contribution in [0.2, 0.25) is 0 Å². The summed E-state index contributed by atoms with van der Waals surface area (Å²) in [5.74, 6) is -0.201. The highest BCUT2D eigenvalue weighted by Crippen LogP contribution is 2.21. The highest BCUT2D eigenvalue weighted by Gasteiger charge is 2.37. The van der Waals surface area contributed by atoms with Crippen molar-refractivity contribution in [2.45, 2.75) is 39.3 Å². The van der Waals surface area contributed by atoms with Crippen LogP contribution in [0.5, 0.6) is 0 Å². The molecule has 2 rings (SSSR count). The van der Waals surface area contributed by atoms with E-state index in [0.717, 1.165) is 17.1 Å². The van der Waals surface area contributed by atoms with Gasteiger partial charge >= 0.3 is 0 Å². The van der Waals surface area contributed by atoms with Crippen molar-refractivity contribution in [1.29, 1.82) is 0 Å². The number of carbonyl (C=O) groups excluding carboxylic acids is 1. The van der Waals surface area contributed by atoms with Gasteiger partial charge in [0.1, 0.15) is 6.04 Å². The summed E-state index contributed by atoms with van der Waals surface area (Å²) in [5, 5.41) is 5.62. The fourth-order valence-corrected chi connectivity index (χ4v) is 4.23. The van der Waals surface area contributed by atoms with Gasteiger partial charge < -0.3 is 5.32 Å². The number of rotatable bonds is 5. The quantitative estimate of drug-likeness (QED) is 0.874. The number of aryl methyl sites for hydroxylation is 1. The Balaban J connectivity index is 1.98. The highest BCUT2D eigenvalue weighted by atomic mass is 32.2. The Morgan fingerprint density at radius 1 is 1.60 bits per heavy atom. The Hall–Kier alpha value is -0.990. The van der Waals surface area contributed by atoms with Gasteiger partial charge in [-0.3, -0.25) is 4.79 Å². The van der Waals surface area contributed by atoms with E-state index in [1.54, 1.807) is 6.92 Å². The van der Waals surface area contributed by atoms with E-state index < -0.39 is 16.1 Å². The van der Waals surface area contributed by atoms with Crippen LogP contribution in [0.15, 0.2) is 5.38 Å². The maximum Gasteiger partial charge on any atom is 0.238 e. The highest BCUT2D eigenvalue weighted by molar-refractivity contribution is 7.89. The summed E-state index contributed by atoms with van der Waals surface area (Å²) in [5.41, 5.74) is 0.809. The third-order valence-corrected chi connectivity index (χ3v) is 6.04. The molecule has 6 nitrogen and oxygen atoms in total. The van der Waals surface area contributed by atoms with E-state index in [-0.39, 0.29) is 11.7 Å². The van der Waals surface area contributed by atoms with Crippen LogP contribution in [-0.4, -0.2) is 42.0 Å². The fraction of sp³-hybridized carbons (Fsp3) is 0.667. The van der Waals surface area contributed by atoms with Crippen LogP contribution in [0.25, 0.3) is 0 Å². The SMILES string of the molecule is CCS(=O)(=O)N1CCC[C@@H]1C(=O)NCc1csc(C)n1. The van der Waals surface area contributed by atoms with Gasteiger partial charge in [-0.05, 0) is 26.7 Å². The van der Waals surface area contributed by atoms with Crippen LogP contribution in [-0.2, 0) is 21.4 Å². The van der Waals surface area contributed by atoms with Crippen molar-refractivity contribution in [3.63, 3.8) is 0 Å². The van der Waals surface area contributed by atoms with Gasteiger partial charge in [-0.15, -0.1) is 11.3 Å². The molecule has 1 aliphatic rings. The first-order valence-corrected chi connectivity index (χ1v) is 9.11. The maximum absolute atomic E-state index is 12.2. The van der Waals surface area contributed by atoms with Crippen molar-refractivity contribution in [1.82, 2.24) is 14.6 Å². The second-order valence-corrected chi connectivity index (χ2v) is 8.02. The van der Waals surface area contributed by atoms with Crippen molar-refractivity contribution in [2.75, 3.05) is 12.3 Å². The predicted molar refractivity (Wildman–Crippen MR) is 77.9 cm³/mol. The van der Waals surface area contributed by atoms with E-state index in [0.29, 0.717) is 19.5 Å². The van der Waals surface area contributed by atoms with Gasteiger partial charge in [-0.1, -0.05) is 0 Å². The molecule has 1 fully saturated rings. The normalized spacial score (nSPS) is 20.2. The van der Waals surface area contributed by atoms with Gasteiger partial charge in [0.15, 0.2) is 0 Å². The fourth-order valence-electron chi connectivity index (χ4n) is 2.29. The molecule has 0 unspecified atom stereocenters. The van der Waals surface area contributed by atoms with E-state index in [1.807, 2.05) is 12.3 Å². The van der Waals surface area contributed by atoms with Gasteiger partial charge in [-0.25, -0.2) is 13.4 Å². The number of hydrogen-bond acceptors (Lipinski definition) is 5. The molecular formula is C12H19N3O3S2. The minimum absolute atomic E-state index is 0.0298. The molecule has 0 aromatic carbocycles. The third kappa shape index (κ3) is 3.36. The standard InChI is InChI=1S/C12H19N3O3S2/c1-3-20(17,18)15-6-4-5-11(15)12(16)13-7-10-8-19-9(2)14-10/h8,11H,3-7H2,1-2H3,(H,13,16)/t11-/m1/s1. The van der Waals surface area contributed by atoms with Crippen molar-refractivity contribution in [3.8, 4) is 0 Å². The van der Waals surface area contributed by atoms with Gasteiger partial charge in [0.25, 0.3) is 0 Å². The minimum atomic E-state index is -3.31. The lowest BCUT2D eigenvalue weighted by molar-refractivity contribution is -0.124. The second kappa shape index (κ2) is 6.19. The zero-order valence-electron chi connectivity index (χ0n) is 11.6. The van der Waals surface area contributed by atoms with E-state index in [9.17, 15) is 13.2 Å². The Morgan fingerprint density at radius 2 is 2.35 bits per heavy atom. The van der Waals surface area contributed by atoms with E-state index >= 15 is 0 Å². The first-order chi connectivity index (χ1) is 9.44. The Morgan fingerprint density at radius 3 is 2.95 bits per heavy atom. The molecule has 1 aliphatic heterocycles. The van der Waals surface area contributed by atoms with Gasteiger partial charge in [0.2, 0.25) is 15.9 Å². The molecule has 0 spiro atoms. The predicted octanol–water partition coefficient (Wildman–Crippen LogP) is 0.882. The maximum atomic E-state index is 12.2. The number of thiazole rings is 1. The Labute approximate surface area is 123 Å². The first-order valence-electron chi connectivity index (χ1n) is 6.62. The minimum Gasteiger partial charge on any atom is -0.349 e. The number of amides is 1. The first kappa shape index (κ1) is 15.4. The van der Waals surface area contributed by atoms with Crippen LogP contribution in [0.1, 0.15) is 30.5 Å². The number of aromatic nitrogens is 1. The van der Waals surface area contributed by atoms with E-state index in [1.165, 1.54) is 15.6 Å². The summed E-state index contributed by atoms with van der Waals surface area (Å²) < 4.78 is 25.2. The molecule has 1 saturated heterocycles. The molecule has 0 radical (unpaired) electrons. The van der Waals surface area contributed by atoms with Crippen LogP contribution >= 0.6 is 11.3 Å². The summed E-state index contributed by atoms with van der Waals surface area (Å²) >= 11 is 1.53. The molecule has 1 atom stereocenters. The molecule has 1 aromatic rings. The zero-order valence-corrected chi connectivity index (χ0v) is 13.3. The smallest absolute Gasteiger partial charge is 0.238 e. The topological polar surface area (TPSA) is 79.4 Å². The van der Waals surface area contributed by atoms with Crippen LogP contribution in [0, 0.1) is 6.92 Å². The molecule has 0 saturated carbocycles. The Bertz CT molecular complexity index is 583.